The number of aromatic hydroxyl groups is 1. The first-order chi connectivity index (χ1) is 11.5. The van der Waals surface area contributed by atoms with Crippen LogP contribution in [0.15, 0.2) is 47.6 Å². The number of phenols is 1. The van der Waals surface area contributed by atoms with Crippen molar-refractivity contribution < 1.29 is 14.8 Å². The maximum atomic E-state index is 11.7. The van der Waals surface area contributed by atoms with E-state index < -0.39 is 16.4 Å². The fourth-order valence-electron chi connectivity index (χ4n) is 1.85. The van der Waals surface area contributed by atoms with E-state index in [4.69, 9.17) is 0 Å². The number of amides is 1. The molecule has 0 atom stereocenters. The van der Waals surface area contributed by atoms with Crippen LogP contribution in [0.2, 0.25) is 0 Å². The van der Waals surface area contributed by atoms with Crippen LogP contribution < -0.4 is 10.7 Å². The van der Waals surface area contributed by atoms with Gasteiger partial charge in [-0.2, -0.15) is 5.10 Å². The van der Waals surface area contributed by atoms with Crippen molar-refractivity contribution in [1.29, 1.82) is 0 Å². The highest BCUT2D eigenvalue weighted by Crippen LogP contribution is 2.25. The van der Waals surface area contributed by atoms with Gasteiger partial charge >= 0.3 is 5.69 Å². The second kappa shape index (κ2) is 7.73. The molecule has 2 aromatic carbocycles. The zero-order chi connectivity index (χ0) is 17.5. The van der Waals surface area contributed by atoms with Crippen molar-refractivity contribution >= 4 is 23.5 Å². The Bertz CT molecular complexity index is 772. The van der Waals surface area contributed by atoms with E-state index in [-0.39, 0.29) is 12.5 Å². The molecule has 0 unspecified atom stereocenters. The Hall–Kier alpha value is -3.42. The maximum absolute atomic E-state index is 11.7. The van der Waals surface area contributed by atoms with Gasteiger partial charge in [-0.25, -0.2) is 5.43 Å². The Balaban J connectivity index is 1.84. The van der Waals surface area contributed by atoms with Crippen LogP contribution in [0.1, 0.15) is 11.1 Å². The highest BCUT2D eigenvalue weighted by Gasteiger charge is 2.12. The Morgan fingerprint density at radius 2 is 2.00 bits per heavy atom. The Morgan fingerprint density at radius 1 is 1.29 bits per heavy atom. The quantitative estimate of drug-likeness (QED) is 0.427. The smallest absolute Gasteiger partial charge is 0.310 e. The molecule has 2 aromatic rings. The summed E-state index contributed by atoms with van der Waals surface area (Å²) in [6.45, 7) is 2.02. The van der Waals surface area contributed by atoms with Gasteiger partial charge in [-0.3, -0.25) is 14.9 Å². The molecule has 1 amide bonds. The van der Waals surface area contributed by atoms with Gasteiger partial charge in [0.25, 0.3) is 5.91 Å². The van der Waals surface area contributed by atoms with Crippen LogP contribution in [0.3, 0.4) is 0 Å². The van der Waals surface area contributed by atoms with Crippen molar-refractivity contribution in [2.45, 2.75) is 6.92 Å². The lowest BCUT2D eigenvalue weighted by atomic mass is 10.2. The number of nitrogens with zero attached hydrogens (tertiary/aromatic N) is 2. The van der Waals surface area contributed by atoms with E-state index in [2.05, 4.69) is 15.8 Å². The van der Waals surface area contributed by atoms with Crippen LogP contribution in [0.5, 0.6) is 5.75 Å². The summed E-state index contributed by atoms with van der Waals surface area (Å²) in [6, 6.07) is 11.4. The third kappa shape index (κ3) is 4.80. The number of nitro groups is 1. The fraction of sp³-hybridized carbons (Fsp3) is 0.125. The highest BCUT2D eigenvalue weighted by atomic mass is 16.6. The molecule has 8 nitrogen and oxygen atoms in total. The largest absolute Gasteiger partial charge is 0.502 e. The van der Waals surface area contributed by atoms with Gasteiger partial charge < -0.3 is 10.4 Å². The number of hydrogen-bond donors (Lipinski definition) is 3. The number of hydrazone groups is 1. The standard InChI is InChI=1S/C16H16N4O4/c1-11-2-5-13(6-3-11)17-10-16(22)19-18-9-12-4-7-14(20(23)24)15(21)8-12/h2-9,17,21H,10H2,1H3,(H,19,22)/b18-9+. The number of carbonyl (C=O) groups excluding carboxylic acids is 1. The lowest BCUT2D eigenvalue weighted by molar-refractivity contribution is -0.385. The molecule has 3 N–H and O–H groups in total. The number of anilines is 1. The fourth-order valence-corrected chi connectivity index (χ4v) is 1.85. The number of hydrogen-bond acceptors (Lipinski definition) is 6. The summed E-state index contributed by atoms with van der Waals surface area (Å²) in [5.41, 5.74) is 4.30. The van der Waals surface area contributed by atoms with E-state index in [1.54, 1.807) is 0 Å². The zero-order valence-corrected chi connectivity index (χ0v) is 12.9. The molecule has 0 spiro atoms. The molecule has 0 radical (unpaired) electrons. The lowest BCUT2D eigenvalue weighted by Crippen LogP contribution is -2.25. The van der Waals surface area contributed by atoms with Crippen LogP contribution in [-0.4, -0.2) is 28.7 Å². The zero-order valence-electron chi connectivity index (χ0n) is 12.9. The number of nitrogens with one attached hydrogen (secondary N) is 2. The molecule has 0 aromatic heterocycles. The van der Waals surface area contributed by atoms with Crippen LogP contribution >= 0.6 is 0 Å². The van der Waals surface area contributed by atoms with Crippen molar-refractivity contribution in [3.05, 3.63) is 63.7 Å². The van der Waals surface area contributed by atoms with E-state index in [9.17, 15) is 20.0 Å². The molecule has 8 heteroatoms. The predicted octanol–water partition coefficient (Wildman–Crippen LogP) is 2.17. The van der Waals surface area contributed by atoms with Crippen molar-refractivity contribution in [2.75, 3.05) is 11.9 Å². The first kappa shape index (κ1) is 16.9. The number of phenolic OH excluding ortho intramolecular Hbond substituents is 1. The summed E-state index contributed by atoms with van der Waals surface area (Å²) in [7, 11) is 0. The number of nitro benzene ring substituents is 1. The van der Waals surface area contributed by atoms with Crippen molar-refractivity contribution in [1.82, 2.24) is 5.43 Å². The van der Waals surface area contributed by atoms with Crippen molar-refractivity contribution in [3.63, 3.8) is 0 Å². The molecule has 0 fully saturated rings. The van der Waals surface area contributed by atoms with Gasteiger partial charge in [-0.15, -0.1) is 0 Å². The van der Waals surface area contributed by atoms with Gasteiger partial charge in [-0.1, -0.05) is 17.7 Å². The molecule has 124 valence electrons. The molecule has 0 aliphatic heterocycles. The molecular formula is C16H16N4O4. The number of rotatable bonds is 6. The Labute approximate surface area is 138 Å². The van der Waals surface area contributed by atoms with E-state index in [1.807, 2.05) is 31.2 Å². The predicted molar refractivity (Wildman–Crippen MR) is 90.2 cm³/mol. The number of carbonyl (C=O) groups is 1. The van der Waals surface area contributed by atoms with Crippen LogP contribution in [0.4, 0.5) is 11.4 Å². The van der Waals surface area contributed by atoms with Gasteiger partial charge in [0, 0.05) is 11.8 Å². The molecule has 0 heterocycles. The molecule has 0 aliphatic rings. The summed E-state index contributed by atoms with van der Waals surface area (Å²) in [5.74, 6) is -0.811. The number of aryl methyl sites for hydroxylation is 1. The summed E-state index contributed by atoms with van der Waals surface area (Å²) in [5, 5.41) is 26.8. The summed E-state index contributed by atoms with van der Waals surface area (Å²) < 4.78 is 0. The lowest BCUT2D eigenvalue weighted by Gasteiger charge is -2.05. The Morgan fingerprint density at radius 3 is 2.62 bits per heavy atom. The normalized spacial score (nSPS) is 10.5. The van der Waals surface area contributed by atoms with Gasteiger partial charge in [0.15, 0.2) is 5.75 Å². The molecule has 0 saturated carbocycles. The SMILES string of the molecule is Cc1ccc(NCC(=O)N/N=C/c2ccc([N+](=O)[O-])c(O)c2)cc1. The summed E-state index contributed by atoms with van der Waals surface area (Å²) in [4.78, 5) is 21.6. The van der Waals surface area contributed by atoms with Gasteiger partial charge in [0.1, 0.15) is 0 Å². The maximum Gasteiger partial charge on any atom is 0.310 e. The minimum Gasteiger partial charge on any atom is -0.502 e. The van der Waals surface area contributed by atoms with E-state index >= 15 is 0 Å². The summed E-state index contributed by atoms with van der Waals surface area (Å²) in [6.07, 6.45) is 1.28. The molecule has 0 saturated heterocycles. The molecular weight excluding hydrogens is 312 g/mol. The summed E-state index contributed by atoms with van der Waals surface area (Å²) >= 11 is 0. The first-order valence-corrected chi connectivity index (χ1v) is 7.05. The second-order valence-corrected chi connectivity index (χ2v) is 5.02. The van der Waals surface area contributed by atoms with E-state index in [1.165, 1.54) is 18.3 Å². The number of benzene rings is 2. The van der Waals surface area contributed by atoms with Crippen LogP contribution in [0.25, 0.3) is 0 Å². The van der Waals surface area contributed by atoms with Gasteiger partial charge in [-0.05, 0) is 36.8 Å². The van der Waals surface area contributed by atoms with Crippen LogP contribution in [0, 0.1) is 17.0 Å². The highest BCUT2D eigenvalue weighted by molar-refractivity contribution is 5.85. The van der Waals surface area contributed by atoms with Gasteiger partial charge in [0.2, 0.25) is 0 Å². The average Bonchev–Trinajstić information content (AvgIpc) is 2.54. The van der Waals surface area contributed by atoms with E-state index in [0.29, 0.717) is 5.56 Å². The minimum atomic E-state index is -0.686. The van der Waals surface area contributed by atoms with Crippen LogP contribution in [-0.2, 0) is 4.79 Å². The molecule has 0 aliphatic carbocycles. The van der Waals surface area contributed by atoms with Crippen molar-refractivity contribution in [2.24, 2.45) is 5.10 Å². The molecule has 24 heavy (non-hydrogen) atoms. The second-order valence-electron chi connectivity index (χ2n) is 5.02. The van der Waals surface area contributed by atoms with Gasteiger partial charge in [0.05, 0.1) is 17.7 Å². The van der Waals surface area contributed by atoms with Crippen molar-refractivity contribution in [3.8, 4) is 5.75 Å². The Kier molecular flexibility index (Phi) is 5.45. The first-order valence-electron chi connectivity index (χ1n) is 7.05. The third-order valence-corrected chi connectivity index (χ3v) is 3.10. The molecule has 0 bridgehead atoms. The topological polar surface area (TPSA) is 117 Å². The minimum absolute atomic E-state index is 0.0475. The average molecular weight is 328 g/mol. The van der Waals surface area contributed by atoms with E-state index in [0.717, 1.165) is 17.3 Å². The molecule has 2 rings (SSSR count). The third-order valence-electron chi connectivity index (χ3n) is 3.10. The monoisotopic (exact) mass is 328 g/mol.